The minimum atomic E-state index is -0.498. The van der Waals surface area contributed by atoms with Gasteiger partial charge in [0.2, 0.25) is 0 Å². The van der Waals surface area contributed by atoms with E-state index in [-0.39, 0.29) is 10.6 Å². The van der Waals surface area contributed by atoms with Crippen LogP contribution in [0.4, 0.5) is 15.6 Å². The van der Waals surface area contributed by atoms with Crippen LogP contribution in [0.25, 0.3) is 0 Å². The molecule has 132 valence electrons. The summed E-state index contributed by atoms with van der Waals surface area (Å²) >= 11 is 1.44. The molecular weight excluding hydrogens is 344 g/mol. The molecule has 1 aliphatic rings. The van der Waals surface area contributed by atoms with E-state index in [0.717, 1.165) is 29.1 Å². The third kappa shape index (κ3) is 4.31. The first-order valence-corrected chi connectivity index (χ1v) is 8.75. The number of nitro benzene ring substituents is 1. The van der Waals surface area contributed by atoms with Gasteiger partial charge in [-0.05, 0) is 12.5 Å². The molecule has 1 amide bonds. The predicted molar refractivity (Wildman–Crippen MR) is 93.7 cm³/mol. The van der Waals surface area contributed by atoms with Gasteiger partial charge in [-0.15, -0.1) is 0 Å². The number of nitrogens with one attached hydrogen (secondary N) is 1. The van der Waals surface area contributed by atoms with Crippen LogP contribution in [-0.4, -0.2) is 34.1 Å². The lowest BCUT2D eigenvalue weighted by atomic mass is 10.1. The van der Waals surface area contributed by atoms with E-state index < -0.39 is 6.09 Å². The Morgan fingerprint density at radius 3 is 3.12 bits per heavy atom. The van der Waals surface area contributed by atoms with Crippen LogP contribution >= 0.6 is 11.3 Å². The average molecular weight is 362 g/mol. The first kappa shape index (κ1) is 17.3. The molecule has 0 aliphatic carbocycles. The molecule has 0 radical (unpaired) electrons. The van der Waals surface area contributed by atoms with E-state index in [9.17, 15) is 14.9 Å². The number of benzene rings is 1. The van der Waals surface area contributed by atoms with E-state index in [0.29, 0.717) is 24.8 Å². The number of hydrogen-bond donors (Lipinski definition) is 1. The van der Waals surface area contributed by atoms with Crippen LogP contribution < -0.4 is 5.32 Å². The summed E-state index contributed by atoms with van der Waals surface area (Å²) in [7, 11) is 0. The summed E-state index contributed by atoms with van der Waals surface area (Å²) in [6.07, 6.45) is 0.285. The summed E-state index contributed by atoms with van der Waals surface area (Å²) in [6, 6.07) is 6.70. The fourth-order valence-corrected chi connectivity index (χ4v) is 3.75. The molecule has 0 saturated carbocycles. The van der Waals surface area contributed by atoms with Gasteiger partial charge >= 0.3 is 6.09 Å². The van der Waals surface area contributed by atoms with Crippen molar-refractivity contribution in [2.75, 3.05) is 18.5 Å². The number of fused-ring (bicyclic) bond motifs is 1. The highest BCUT2D eigenvalue weighted by Crippen LogP contribution is 2.29. The molecule has 0 bridgehead atoms. The molecule has 2 aromatic rings. The van der Waals surface area contributed by atoms with Gasteiger partial charge in [0.05, 0.1) is 17.2 Å². The summed E-state index contributed by atoms with van der Waals surface area (Å²) in [6.45, 7) is 4.23. The summed E-state index contributed by atoms with van der Waals surface area (Å²) in [4.78, 5) is 29.8. The Balaban J connectivity index is 1.65. The van der Waals surface area contributed by atoms with Crippen molar-refractivity contribution in [3.8, 4) is 0 Å². The van der Waals surface area contributed by atoms with Crippen molar-refractivity contribution in [2.24, 2.45) is 0 Å². The lowest BCUT2D eigenvalue weighted by molar-refractivity contribution is -0.384. The molecule has 8 nitrogen and oxygen atoms in total. The number of nitro groups is 1. The van der Waals surface area contributed by atoms with Gasteiger partial charge in [0, 0.05) is 43.1 Å². The summed E-state index contributed by atoms with van der Waals surface area (Å²) in [5, 5.41) is 14.1. The number of ether oxygens (including phenoxy) is 1. The lowest BCUT2D eigenvalue weighted by Crippen LogP contribution is -2.29. The Hall–Kier alpha value is -2.52. The van der Waals surface area contributed by atoms with E-state index >= 15 is 0 Å². The average Bonchev–Trinajstić information content (AvgIpc) is 2.96. The molecule has 3 rings (SSSR count). The Labute approximate surface area is 148 Å². The number of amides is 1. The molecular formula is C16H18N4O4S. The zero-order chi connectivity index (χ0) is 17.8. The van der Waals surface area contributed by atoms with E-state index in [1.165, 1.54) is 17.4 Å². The van der Waals surface area contributed by atoms with Gasteiger partial charge in [0.15, 0.2) is 5.13 Å². The van der Waals surface area contributed by atoms with Crippen LogP contribution in [0.3, 0.4) is 0 Å². The van der Waals surface area contributed by atoms with E-state index in [2.05, 4.69) is 15.2 Å². The number of anilines is 1. The van der Waals surface area contributed by atoms with Crippen LogP contribution in [0.2, 0.25) is 0 Å². The second-order valence-corrected chi connectivity index (χ2v) is 6.71. The maximum absolute atomic E-state index is 11.5. The van der Waals surface area contributed by atoms with Crippen molar-refractivity contribution in [3.63, 3.8) is 0 Å². The Morgan fingerprint density at radius 2 is 2.36 bits per heavy atom. The first-order valence-electron chi connectivity index (χ1n) is 7.93. The normalized spacial score (nSPS) is 14.0. The zero-order valence-electron chi connectivity index (χ0n) is 13.7. The number of hydrogen-bond acceptors (Lipinski definition) is 7. The number of nitrogens with zero attached hydrogens (tertiary/aromatic N) is 3. The van der Waals surface area contributed by atoms with Crippen molar-refractivity contribution in [3.05, 3.63) is 50.5 Å². The van der Waals surface area contributed by atoms with Crippen LogP contribution in [0.15, 0.2) is 24.3 Å². The van der Waals surface area contributed by atoms with Crippen LogP contribution in [0.1, 0.15) is 23.1 Å². The molecule has 0 unspecified atom stereocenters. The van der Waals surface area contributed by atoms with Gasteiger partial charge in [-0.2, -0.15) is 0 Å². The monoisotopic (exact) mass is 362 g/mol. The molecule has 0 spiro atoms. The number of thiazole rings is 1. The highest BCUT2D eigenvalue weighted by atomic mass is 32.1. The molecule has 1 aliphatic heterocycles. The third-order valence-corrected chi connectivity index (χ3v) is 4.82. The number of rotatable bonds is 5. The summed E-state index contributed by atoms with van der Waals surface area (Å²) in [5.74, 6) is 0. The van der Waals surface area contributed by atoms with Crippen LogP contribution in [-0.2, 0) is 24.2 Å². The molecule has 0 fully saturated rings. The van der Waals surface area contributed by atoms with E-state index in [4.69, 9.17) is 4.74 Å². The fraction of sp³-hybridized carbons (Fsp3) is 0.375. The van der Waals surface area contributed by atoms with Crippen molar-refractivity contribution >= 4 is 28.2 Å². The van der Waals surface area contributed by atoms with Crippen molar-refractivity contribution in [1.82, 2.24) is 9.88 Å². The van der Waals surface area contributed by atoms with Crippen molar-refractivity contribution in [1.29, 1.82) is 0 Å². The number of aromatic nitrogens is 1. The quantitative estimate of drug-likeness (QED) is 0.648. The standard InChI is InChI=1S/C16H18N4O4S/c1-2-24-16(21)18-15-17-13-6-7-19(10-14(13)25-15)9-11-4-3-5-12(8-11)20(22)23/h3-5,8H,2,6-7,9-10H2,1H3,(H,17,18,21). The second-order valence-electron chi connectivity index (χ2n) is 5.62. The molecule has 1 aromatic carbocycles. The highest BCUT2D eigenvalue weighted by Gasteiger charge is 2.22. The molecule has 1 N–H and O–H groups in total. The van der Waals surface area contributed by atoms with E-state index in [1.807, 2.05) is 6.07 Å². The molecule has 9 heteroatoms. The van der Waals surface area contributed by atoms with E-state index in [1.54, 1.807) is 19.1 Å². The minimum absolute atomic E-state index is 0.105. The van der Waals surface area contributed by atoms with Gasteiger partial charge < -0.3 is 4.74 Å². The summed E-state index contributed by atoms with van der Waals surface area (Å²) in [5.41, 5.74) is 2.01. The number of non-ortho nitro benzene ring substituents is 1. The number of carbonyl (C=O) groups is 1. The lowest BCUT2D eigenvalue weighted by Gasteiger charge is -2.25. The van der Waals surface area contributed by atoms with Gasteiger partial charge in [0.1, 0.15) is 0 Å². The highest BCUT2D eigenvalue weighted by molar-refractivity contribution is 7.15. The maximum atomic E-state index is 11.5. The van der Waals surface area contributed by atoms with Crippen LogP contribution in [0.5, 0.6) is 0 Å². The largest absolute Gasteiger partial charge is 0.450 e. The van der Waals surface area contributed by atoms with Gasteiger partial charge in [-0.3, -0.25) is 20.3 Å². The van der Waals surface area contributed by atoms with Gasteiger partial charge in [-0.1, -0.05) is 23.5 Å². The molecule has 2 heterocycles. The van der Waals surface area contributed by atoms with Crippen LogP contribution in [0, 0.1) is 10.1 Å². The summed E-state index contributed by atoms with van der Waals surface area (Å²) < 4.78 is 4.86. The zero-order valence-corrected chi connectivity index (χ0v) is 14.5. The molecule has 1 aromatic heterocycles. The predicted octanol–water partition coefficient (Wildman–Crippen LogP) is 3.18. The Kier molecular flexibility index (Phi) is 5.25. The molecule has 0 saturated heterocycles. The smallest absolute Gasteiger partial charge is 0.413 e. The first-order chi connectivity index (χ1) is 12.0. The topological polar surface area (TPSA) is 97.6 Å². The van der Waals surface area contributed by atoms with Crippen molar-refractivity contribution in [2.45, 2.75) is 26.4 Å². The SMILES string of the molecule is CCOC(=O)Nc1nc2c(s1)CN(Cc1cccc([N+](=O)[O-])c1)CC2. The minimum Gasteiger partial charge on any atom is -0.450 e. The fourth-order valence-electron chi connectivity index (χ4n) is 2.72. The molecule has 0 atom stereocenters. The number of carbonyl (C=O) groups excluding carboxylic acids is 1. The van der Waals surface area contributed by atoms with Crippen molar-refractivity contribution < 1.29 is 14.5 Å². The third-order valence-electron chi connectivity index (χ3n) is 3.82. The second kappa shape index (κ2) is 7.58. The Bertz CT molecular complexity index is 792. The Morgan fingerprint density at radius 1 is 1.52 bits per heavy atom. The van der Waals surface area contributed by atoms with Gasteiger partial charge in [0.25, 0.3) is 5.69 Å². The maximum Gasteiger partial charge on any atom is 0.413 e. The molecule has 25 heavy (non-hydrogen) atoms. The van der Waals surface area contributed by atoms with Gasteiger partial charge in [-0.25, -0.2) is 9.78 Å².